The summed E-state index contributed by atoms with van der Waals surface area (Å²) in [6.45, 7) is 9.79. The molecule has 0 saturated heterocycles. The molecule has 2 nitrogen and oxygen atoms in total. The normalized spacial score (nSPS) is 13.2. The minimum atomic E-state index is -0.399. The van der Waals surface area contributed by atoms with Gasteiger partial charge in [-0.25, -0.2) is 0 Å². The lowest BCUT2D eigenvalue weighted by Crippen LogP contribution is -2.24. The van der Waals surface area contributed by atoms with E-state index in [0.717, 1.165) is 0 Å². The molecule has 0 aliphatic rings. The molecule has 0 radical (unpaired) electrons. The molecule has 0 saturated carbocycles. The Morgan fingerprint density at radius 1 is 1.35 bits per heavy atom. The van der Waals surface area contributed by atoms with Crippen molar-refractivity contribution in [3.8, 4) is 0 Å². The van der Waals surface area contributed by atoms with Gasteiger partial charge in [0.1, 0.15) is 5.60 Å². The summed E-state index contributed by atoms with van der Waals surface area (Å²) in [4.78, 5) is 11.7. The molecule has 2 heteroatoms. The molecule has 0 aliphatic carbocycles. The summed E-state index contributed by atoms with van der Waals surface area (Å²) in [6, 6.07) is 8.26. The van der Waals surface area contributed by atoms with Crippen LogP contribution in [0.5, 0.6) is 0 Å². The van der Waals surface area contributed by atoms with Gasteiger partial charge in [0, 0.05) is 0 Å². The van der Waals surface area contributed by atoms with Crippen LogP contribution in [0, 0.1) is 6.92 Å². The van der Waals surface area contributed by atoms with Gasteiger partial charge in [0.05, 0.1) is 6.42 Å². The Bertz CT molecular complexity index is 388. The average molecular weight is 234 g/mol. The lowest BCUT2D eigenvalue weighted by Gasteiger charge is -2.21. The van der Waals surface area contributed by atoms with Gasteiger partial charge in [0.25, 0.3) is 0 Å². The molecule has 0 heterocycles. The Morgan fingerprint density at radius 2 is 2.00 bits per heavy atom. The van der Waals surface area contributed by atoms with Crippen LogP contribution in [0.4, 0.5) is 0 Å². The van der Waals surface area contributed by atoms with Crippen molar-refractivity contribution >= 4 is 5.97 Å². The third-order valence-corrected chi connectivity index (χ3v) is 2.50. The molecule has 1 aromatic rings. The highest BCUT2D eigenvalue weighted by Gasteiger charge is 2.19. The predicted octanol–water partition coefficient (Wildman–Crippen LogP) is 3.83. The zero-order valence-corrected chi connectivity index (χ0v) is 11.4. The largest absolute Gasteiger partial charge is 0.460 e. The number of ether oxygens (including phenoxy) is 1. The van der Waals surface area contributed by atoms with Gasteiger partial charge in [0.2, 0.25) is 0 Å². The molecule has 1 atom stereocenters. The third-order valence-electron chi connectivity index (χ3n) is 2.50. The molecule has 17 heavy (non-hydrogen) atoms. The van der Waals surface area contributed by atoms with Crippen molar-refractivity contribution in [3.63, 3.8) is 0 Å². The van der Waals surface area contributed by atoms with Crippen molar-refractivity contribution in [2.75, 3.05) is 0 Å². The number of carbonyl (C=O) groups is 1. The molecule has 0 bridgehead atoms. The van der Waals surface area contributed by atoms with Gasteiger partial charge in [-0.2, -0.15) is 0 Å². The quantitative estimate of drug-likeness (QED) is 0.743. The number of benzene rings is 1. The number of aryl methyl sites for hydroxylation is 1. The van der Waals surface area contributed by atoms with Crippen LogP contribution in [0.25, 0.3) is 0 Å². The van der Waals surface area contributed by atoms with Gasteiger partial charge in [-0.3, -0.25) is 4.79 Å². The van der Waals surface area contributed by atoms with E-state index in [2.05, 4.69) is 32.0 Å². The zero-order valence-electron chi connectivity index (χ0n) is 11.4. The van der Waals surface area contributed by atoms with Crippen molar-refractivity contribution in [2.45, 2.75) is 52.6 Å². The molecule has 1 aromatic carbocycles. The maximum absolute atomic E-state index is 11.7. The van der Waals surface area contributed by atoms with Gasteiger partial charge >= 0.3 is 5.97 Å². The Hall–Kier alpha value is -1.31. The fraction of sp³-hybridized carbons (Fsp3) is 0.533. The van der Waals surface area contributed by atoms with E-state index in [4.69, 9.17) is 4.74 Å². The standard InChI is InChI=1S/C15H22O2/c1-11-7-6-8-13(9-11)12(2)10-14(16)17-15(3,4)5/h6-9,12H,10H2,1-5H3. The number of esters is 1. The first-order valence-corrected chi connectivity index (χ1v) is 6.06. The highest BCUT2D eigenvalue weighted by Crippen LogP contribution is 2.21. The fourth-order valence-electron chi connectivity index (χ4n) is 1.73. The summed E-state index contributed by atoms with van der Waals surface area (Å²) in [5.74, 6) is 0.0660. The van der Waals surface area contributed by atoms with Gasteiger partial charge in [0.15, 0.2) is 0 Å². The van der Waals surface area contributed by atoms with Crippen LogP contribution >= 0.6 is 0 Å². The SMILES string of the molecule is Cc1cccc(C(C)CC(=O)OC(C)(C)C)c1. The number of hydrogen-bond acceptors (Lipinski definition) is 2. The minimum absolute atomic E-state index is 0.133. The van der Waals surface area contributed by atoms with Crippen molar-refractivity contribution in [3.05, 3.63) is 35.4 Å². The maximum atomic E-state index is 11.7. The van der Waals surface area contributed by atoms with Crippen LogP contribution in [0.1, 0.15) is 51.2 Å². The first-order chi connectivity index (χ1) is 7.78. The van der Waals surface area contributed by atoms with E-state index >= 15 is 0 Å². The Morgan fingerprint density at radius 3 is 2.53 bits per heavy atom. The highest BCUT2D eigenvalue weighted by atomic mass is 16.6. The van der Waals surface area contributed by atoms with Crippen molar-refractivity contribution in [1.82, 2.24) is 0 Å². The van der Waals surface area contributed by atoms with Crippen LogP contribution in [-0.2, 0) is 9.53 Å². The fourth-order valence-corrected chi connectivity index (χ4v) is 1.73. The van der Waals surface area contributed by atoms with Gasteiger partial charge in [-0.15, -0.1) is 0 Å². The van der Waals surface area contributed by atoms with Gasteiger partial charge < -0.3 is 4.74 Å². The summed E-state index contributed by atoms with van der Waals surface area (Å²) < 4.78 is 5.32. The minimum Gasteiger partial charge on any atom is -0.460 e. The molecular formula is C15H22O2. The smallest absolute Gasteiger partial charge is 0.306 e. The number of carbonyl (C=O) groups excluding carboxylic acids is 1. The van der Waals surface area contributed by atoms with Crippen molar-refractivity contribution in [2.24, 2.45) is 0 Å². The molecule has 1 unspecified atom stereocenters. The van der Waals surface area contributed by atoms with E-state index in [1.165, 1.54) is 11.1 Å². The second-order valence-electron chi connectivity index (χ2n) is 5.61. The summed E-state index contributed by atoms with van der Waals surface area (Å²) in [7, 11) is 0. The summed E-state index contributed by atoms with van der Waals surface area (Å²) in [5, 5.41) is 0. The molecule has 0 spiro atoms. The molecule has 0 aromatic heterocycles. The molecule has 0 fully saturated rings. The molecule has 1 rings (SSSR count). The average Bonchev–Trinajstić information content (AvgIpc) is 2.14. The number of rotatable bonds is 3. The van der Waals surface area contributed by atoms with E-state index in [9.17, 15) is 4.79 Å². The first kappa shape index (κ1) is 13.8. The molecule has 0 N–H and O–H groups in total. The first-order valence-electron chi connectivity index (χ1n) is 6.06. The Kier molecular flexibility index (Phi) is 4.33. The van der Waals surface area contributed by atoms with E-state index in [1.807, 2.05) is 26.8 Å². The van der Waals surface area contributed by atoms with E-state index in [0.29, 0.717) is 6.42 Å². The van der Waals surface area contributed by atoms with Gasteiger partial charge in [-0.1, -0.05) is 36.8 Å². The van der Waals surface area contributed by atoms with Crippen molar-refractivity contribution in [1.29, 1.82) is 0 Å². The Labute approximate surface area is 104 Å². The summed E-state index contributed by atoms with van der Waals surface area (Å²) in [6.07, 6.45) is 0.431. The van der Waals surface area contributed by atoms with Crippen LogP contribution in [0.15, 0.2) is 24.3 Å². The molecular weight excluding hydrogens is 212 g/mol. The van der Waals surface area contributed by atoms with Crippen LogP contribution in [-0.4, -0.2) is 11.6 Å². The van der Waals surface area contributed by atoms with Crippen LogP contribution in [0.2, 0.25) is 0 Å². The topological polar surface area (TPSA) is 26.3 Å². The van der Waals surface area contributed by atoms with E-state index in [-0.39, 0.29) is 11.9 Å². The van der Waals surface area contributed by atoms with Crippen LogP contribution < -0.4 is 0 Å². The third kappa shape index (κ3) is 5.03. The molecule has 0 aliphatic heterocycles. The lowest BCUT2D eigenvalue weighted by molar-refractivity contribution is -0.155. The second-order valence-corrected chi connectivity index (χ2v) is 5.61. The zero-order chi connectivity index (χ0) is 13.1. The monoisotopic (exact) mass is 234 g/mol. The Balaban J connectivity index is 2.61. The summed E-state index contributed by atoms with van der Waals surface area (Å²) >= 11 is 0. The summed E-state index contributed by atoms with van der Waals surface area (Å²) in [5.41, 5.74) is 2.01. The van der Waals surface area contributed by atoms with E-state index in [1.54, 1.807) is 0 Å². The van der Waals surface area contributed by atoms with E-state index < -0.39 is 5.60 Å². The predicted molar refractivity (Wildman–Crippen MR) is 70.1 cm³/mol. The highest BCUT2D eigenvalue weighted by molar-refractivity contribution is 5.71. The lowest BCUT2D eigenvalue weighted by atomic mass is 9.96. The number of hydrogen-bond donors (Lipinski definition) is 0. The molecule has 94 valence electrons. The van der Waals surface area contributed by atoms with Crippen LogP contribution in [0.3, 0.4) is 0 Å². The van der Waals surface area contributed by atoms with Gasteiger partial charge in [-0.05, 0) is 39.2 Å². The second kappa shape index (κ2) is 5.35. The molecule has 0 amide bonds. The maximum Gasteiger partial charge on any atom is 0.306 e. The van der Waals surface area contributed by atoms with Crippen molar-refractivity contribution < 1.29 is 9.53 Å².